The van der Waals surface area contributed by atoms with Crippen molar-refractivity contribution in [1.29, 1.82) is 0 Å². The summed E-state index contributed by atoms with van der Waals surface area (Å²) >= 11 is 0. The fraction of sp³-hybridized carbons (Fsp3) is 0.786. The van der Waals surface area contributed by atoms with E-state index in [0.717, 1.165) is 0 Å². The van der Waals surface area contributed by atoms with E-state index in [2.05, 4.69) is 10.1 Å². The van der Waals surface area contributed by atoms with Crippen LogP contribution in [-0.2, 0) is 21.6 Å². The minimum atomic E-state index is -0.931. The Bertz CT molecular complexity index is 467. The standard InChI is InChI=1S/C14H24N2O4/c1-7-19-13(4,5)11-15-10(20-16-11)8-14(6,9(2)3)12(17)18/h9H,7-8H2,1-6H3,(H,17,18). The van der Waals surface area contributed by atoms with Crippen molar-refractivity contribution in [3.05, 3.63) is 11.7 Å². The van der Waals surface area contributed by atoms with Crippen molar-refractivity contribution in [1.82, 2.24) is 10.1 Å². The molecule has 20 heavy (non-hydrogen) atoms. The van der Waals surface area contributed by atoms with E-state index in [-0.39, 0.29) is 12.3 Å². The van der Waals surface area contributed by atoms with Gasteiger partial charge in [-0.1, -0.05) is 19.0 Å². The largest absolute Gasteiger partial charge is 0.481 e. The molecule has 0 saturated heterocycles. The summed E-state index contributed by atoms with van der Waals surface area (Å²) in [5.41, 5.74) is -1.58. The van der Waals surface area contributed by atoms with Gasteiger partial charge in [0.2, 0.25) is 11.7 Å². The second-order valence-corrected chi connectivity index (χ2v) is 6.01. The first-order valence-corrected chi connectivity index (χ1v) is 6.84. The Morgan fingerprint density at radius 3 is 2.45 bits per heavy atom. The number of ether oxygens (including phenoxy) is 1. The lowest BCUT2D eigenvalue weighted by Gasteiger charge is -2.27. The molecule has 0 radical (unpaired) electrons. The van der Waals surface area contributed by atoms with Crippen molar-refractivity contribution >= 4 is 5.97 Å². The Kier molecular flexibility index (Phi) is 4.91. The average molecular weight is 284 g/mol. The molecule has 114 valence electrons. The van der Waals surface area contributed by atoms with Crippen LogP contribution in [0.2, 0.25) is 0 Å². The molecule has 0 saturated carbocycles. The van der Waals surface area contributed by atoms with Gasteiger partial charge in [-0.25, -0.2) is 0 Å². The molecule has 1 unspecified atom stereocenters. The Morgan fingerprint density at radius 2 is 2.00 bits per heavy atom. The van der Waals surface area contributed by atoms with Crippen molar-refractivity contribution < 1.29 is 19.2 Å². The summed E-state index contributed by atoms with van der Waals surface area (Å²) < 4.78 is 10.7. The predicted octanol–water partition coefficient (Wildman–Crippen LogP) is 2.63. The minimum Gasteiger partial charge on any atom is -0.481 e. The quantitative estimate of drug-likeness (QED) is 0.828. The van der Waals surface area contributed by atoms with Crippen LogP contribution in [0.25, 0.3) is 0 Å². The monoisotopic (exact) mass is 284 g/mol. The average Bonchev–Trinajstić information content (AvgIpc) is 2.77. The van der Waals surface area contributed by atoms with E-state index in [1.807, 2.05) is 34.6 Å². The van der Waals surface area contributed by atoms with Crippen molar-refractivity contribution in [3.63, 3.8) is 0 Å². The molecule has 1 aromatic heterocycles. The van der Waals surface area contributed by atoms with Crippen molar-refractivity contribution in [3.8, 4) is 0 Å². The molecule has 6 nitrogen and oxygen atoms in total. The summed E-state index contributed by atoms with van der Waals surface area (Å²) in [5.74, 6) is -0.149. The fourth-order valence-electron chi connectivity index (χ4n) is 1.84. The number of rotatable bonds is 7. The van der Waals surface area contributed by atoms with Gasteiger partial charge in [0.1, 0.15) is 5.60 Å². The molecule has 1 N–H and O–H groups in total. The smallest absolute Gasteiger partial charge is 0.310 e. The highest BCUT2D eigenvalue weighted by Crippen LogP contribution is 2.32. The van der Waals surface area contributed by atoms with Gasteiger partial charge >= 0.3 is 5.97 Å². The summed E-state index contributed by atoms with van der Waals surface area (Å²) in [6.45, 7) is 11.6. The fourth-order valence-corrected chi connectivity index (χ4v) is 1.84. The molecule has 0 fully saturated rings. The number of aliphatic carboxylic acids is 1. The van der Waals surface area contributed by atoms with Gasteiger partial charge in [0.15, 0.2) is 0 Å². The minimum absolute atomic E-state index is 0.0461. The molecule has 0 aliphatic heterocycles. The van der Waals surface area contributed by atoms with Crippen LogP contribution in [0.15, 0.2) is 4.52 Å². The van der Waals surface area contributed by atoms with Crippen molar-refractivity contribution in [2.75, 3.05) is 6.61 Å². The molecule has 0 amide bonds. The Morgan fingerprint density at radius 1 is 1.40 bits per heavy atom. The van der Waals surface area contributed by atoms with E-state index in [1.54, 1.807) is 6.92 Å². The van der Waals surface area contributed by atoms with E-state index in [9.17, 15) is 9.90 Å². The van der Waals surface area contributed by atoms with Gasteiger partial charge < -0.3 is 14.4 Å². The third-order valence-electron chi connectivity index (χ3n) is 3.79. The first-order chi connectivity index (χ1) is 9.13. The molecule has 1 atom stereocenters. The Labute approximate surface area is 119 Å². The Hall–Kier alpha value is -1.43. The van der Waals surface area contributed by atoms with Crippen molar-refractivity contribution in [2.45, 2.75) is 53.6 Å². The summed E-state index contributed by atoms with van der Waals surface area (Å²) in [6.07, 6.45) is 0.204. The van der Waals surface area contributed by atoms with Crippen LogP contribution < -0.4 is 0 Å². The van der Waals surface area contributed by atoms with Gasteiger partial charge in [0, 0.05) is 13.0 Å². The number of carboxylic acids is 1. The second-order valence-electron chi connectivity index (χ2n) is 6.01. The molecule has 0 aromatic carbocycles. The Balaban J connectivity index is 2.96. The lowest BCUT2D eigenvalue weighted by atomic mass is 9.76. The number of carboxylic acid groups (broad SMARTS) is 1. The number of nitrogens with zero attached hydrogens (tertiary/aromatic N) is 2. The van der Waals surface area contributed by atoms with E-state index >= 15 is 0 Å². The molecular weight excluding hydrogens is 260 g/mol. The zero-order valence-corrected chi connectivity index (χ0v) is 13.1. The van der Waals surface area contributed by atoms with Gasteiger partial charge in [-0.3, -0.25) is 4.79 Å². The molecule has 6 heteroatoms. The van der Waals surface area contributed by atoms with Gasteiger partial charge in [-0.15, -0.1) is 0 Å². The second kappa shape index (κ2) is 5.91. The predicted molar refractivity (Wildman–Crippen MR) is 73.2 cm³/mol. The normalized spacial score (nSPS) is 15.3. The molecule has 1 rings (SSSR count). The number of aromatic nitrogens is 2. The van der Waals surface area contributed by atoms with Gasteiger partial charge in [-0.2, -0.15) is 4.98 Å². The van der Waals surface area contributed by atoms with E-state index in [0.29, 0.717) is 18.3 Å². The first kappa shape index (κ1) is 16.6. The highest BCUT2D eigenvalue weighted by atomic mass is 16.5. The first-order valence-electron chi connectivity index (χ1n) is 6.84. The third kappa shape index (κ3) is 3.36. The number of hydrogen-bond donors (Lipinski definition) is 1. The van der Waals surface area contributed by atoms with Gasteiger partial charge in [0.05, 0.1) is 5.41 Å². The van der Waals surface area contributed by atoms with Crippen LogP contribution in [0.1, 0.15) is 53.3 Å². The van der Waals surface area contributed by atoms with Crippen molar-refractivity contribution in [2.24, 2.45) is 11.3 Å². The molecule has 0 aliphatic rings. The summed E-state index contributed by atoms with van der Waals surface area (Å²) in [5, 5.41) is 13.3. The van der Waals surface area contributed by atoms with E-state index in [1.165, 1.54) is 0 Å². The lowest BCUT2D eigenvalue weighted by molar-refractivity contribution is -0.150. The van der Waals surface area contributed by atoms with Crippen LogP contribution in [0, 0.1) is 11.3 Å². The lowest BCUT2D eigenvalue weighted by Crippen LogP contribution is -2.35. The number of carbonyl (C=O) groups is 1. The third-order valence-corrected chi connectivity index (χ3v) is 3.79. The van der Waals surface area contributed by atoms with Crippen LogP contribution in [-0.4, -0.2) is 27.8 Å². The molecular formula is C14H24N2O4. The van der Waals surface area contributed by atoms with Crippen LogP contribution >= 0.6 is 0 Å². The number of hydrogen-bond acceptors (Lipinski definition) is 5. The topological polar surface area (TPSA) is 85.5 Å². The maximum Gasteiger partial charge on any atom is 0.310 e. The summed E-state index contributed by atoms with van der Waals surface area (Å²) in [4.78, 5) is 15.7. The zero-order valence-electron chi connectivity index (χ0n) is 13.1. The molecule has 1 aromatic rings. The zero-order chi connectivity index (χ0) is 15.6. The van der Waals surface area contributed by atoms with Gasteiger partial charge in [-0.05, 0) is 33.6 Å². The van der Waals surface area contributed by atoms with E-state index < -0.39 is 17.0 Å². The highest BCUT2D eigenvalue weighted by molar-refractivity contribution is 5.74. The molecule has 0 spiro atoms. The van der Waals surface area contributed by atoms with Crippen LogP contribution in [0.5, 0.6) is 0 Å². The van der Waals surface area contributed by atoms with Gasteiger partial charge in [0.25, 0.3) is 0 Å². The highest BCUT2D eigenvalue weighted by Gasteiger charge is 2.39. The SMILES string of the molecule is CCOC(C)(C)c1noc(CC(C)(C(=O)O)C(C)C)n1. The maximum absolute atomic E-state index is 11.5. The molecule has 0 aliphatic carbocycles. The summed E-state index contributed by atoms with van der Waals surface area (Å²) in [6, 6.07) is 0. The molecule has 0 bridgehead atoms. The maximum atomic E-state index is 11.5. The molecule has 1 heterocycles. The van der Waals surface area contributed by atoms with E-state index in [4.69, 9.17) is 9.26 Å². The summed E-state index contributed by atoms with van der Waals surface area (Å²) in [7, 11) is 0. The van der Waals surface area contributed by atoms with Crippen LogP contribution in [0.3, 0.4) is 0 Å². The van der Waals surface area contributed by atoms with Crippen LogP contribution in [0.4, 0.5) is 0 Å².